The molecule has 1 aromatic carbocycles. The summed E-state index contributed by atoms with van der Waals surface area (Å²) < 4.78 is 6.72. The third-order valence-corrected chi connectivity index (χ3v) is 3.96. The van der Waals surface area contributed by atoms with E-state index in [-0.39, 0.29) is 12.2 Å². The number of aromatic nitrogens is 2. The van der Waals surface area contributed by atoms with E-state index >= 15 is 0 Å². The van der Waals surface area contributed by atoms with Crippen molar-refractivity contribution in [1.82, 2.24) is 15.1 Å². The number of carbonyl (C=O) groups is 3. The Morgan fingerprint density at radius 1 is 1.14 bits per heavy atom. The van der Waals surface area contributed by atoms with Gasteiger partial charge in [0, 0.05) is 5.39 Å². The standard InChI is InChI=1S/C20H27N3O5/c1-19(2,3)16(18(26)27)21-17(25)15-12-9-7-8-10-13(12)23(22-15)11-14(24)28-20(4,5)6/h7-10,16H,11H2,1-6H3,(H,21,25)(H,26,27). The quantitative estimate of drug-likeness (QED) is 0.761. The lowest BCUT2D eigenvalue weighted by atomic mass is 9.86. The third-order valence-electron chi connectivity index (χ3n) is 3.96. The van der Waals surface area contributed by atoms with E-state index in [1.807, 2.05) is 0 Å². The fourth-order valence-corrected chi connectivity index (χ4v) is 2.76. The molecule has 1 unspecified atom stereocenters. The Balaban J connectivity index is 2.37. The van der Waals surface area contributed by atoms with Gasteiger partial charge in [-0.25, -0.2) is 4.79 Å². The summed E-state index contributed by atoms with van der Waals surface area (Å²) in [6.07, 6.45) is 0. The molecule has 0 bridgehead atoms. The van der Waals surface area contributed by atoms with Crippen molar-refractivity contribution in [2.24, 2.45) is 5.41 Å². The lowest BCUT2D eigenvalue weighted by Crippen LogP contribution is -2.49. The van der Waals surface area contributed by atoms with Gasteiger partial charge in [-0.2, -0.15) is 5.10 Å². The summed E-state index contributed by atoms with van der Waals surface area (Å²) in [5.74, 6) is -2.22. The summed E-state index contributed by atoms with van der Waals surface area (Å²) in [7, 11) is 0. The molecule has 2 aromatic rings. The molecule has 0 aliphatic rings. The molecule has 0 saturated heterocycles. The van der Waals surface area contributed by atoms with Gasteiger partial charge in [-0.3, -0.25) is 14.3 Å². The Morgan fingerprint density at radius 2 is 1.75 bits per heavy atom. The zero-order valence-corrected chi connectivity index (χ0v) is 17.1. The van der Waals surface area contributed by atoms with E-state index in [2.05, 4.69) is 10.4 Å². The lowest BCUT2D eigenvalue weighted by molar-refractivity contribution is -0.155. The Morgan fingerprint density at radius 3 is 2.29 bits per heavy atom. The number of para-hydroxylation sites is 1. The normalized spacial score (nSPS) is 13.2. The Kier molecular flexibility index (Phi) is 5.82. The summed E-state index contributed by atoms with van der Waals surface area (Å²) >= 11 is 0. The van der Waals surface area contributed by atoms with Crippen molar-refractivity contribution in [2.45, 2.75) is 59.7 Å². The molecular weight excluding hydrogens is 362 g/mol. The van der Waals surface area contributed by atoms with Crippen LogP contribution in [0.15, 0.2) is 24.3 Å². The lowest BCUT2D eigenvalue weighted by Gasteiger charge is -2.27. The van der Waals surface area contributed by atoms with Crippen molar-refractivity contribution in [1.29, 1.82) is 0 Å². The highest BCUT2D eigenvalue weighted by atomic mass is 16.6. The zero-order valence-electron chi connectivity index (χ0n) is 17.1. The molecule has 1 atom stereocenters. The van der Waals surface area contributed by atoms with Gasteiger partial charge in [-0.05, 0) is 32.3 Å². The van der Waals surface area contributed by atoms with Gasteiger partial charge in [0.15, 0.2) is 5.69 Å². The van der Waals surface area contributed by atoms with Gasteiger partial charge < -0.3 is 15.2 Å². The number of hydrogen-bond acceptors (Lipinski definition) is 5. The molecule has 0 aliphatic carbocycles. The molecule has 1 amide bonds. The van der Waals surface area contributed by atoms with Crippen LogP contribution in [-0.2, 0) is 20.9 Å². The van der Waals surface area contributed by atoms with Crippen LogP contribution in [0, 0.1) is 5.41 Å². The first kappa shape index (κ1) is 21.4. The number of ether oxygens (including phenoxy) is 1. The number of aliphatic carboxylic acids is 1. The van der Waals surface area contributed by atoms with Crippen LogP contribution in [-0.4, -0.2) is 44.4 Å². The molecule has 0 aliphatic heterocycles. The van der Waals surface area contributed by atoms with Gasteiger partial charge in [-0.15, -0.1) is 0 Å². The average molecular weight is 389 g/mol. The second kappa shape index (κ2) is 7.61. The van der Waals surface area contributed by atoms with Gasteiger partial charge in [0.1, 0.15) is 18.2 Å². The van der Waals surface area contributed by atoms with E-state index in [4.69, 9.17) is 4.74 Å². The minimum absolute atomic E-state index is 0.0645. The number of esters is 1. The van der Waals surface area contributed by atoms with E-state index in [1.165, 1.54) is 4.68 Å². The monoisotopic (exact) mass is 389 g/mol. The highest BCUT2D eigenvalue weighted by molar-refractivity contribution is 6.06. The van der Waals surface area contributed by atoms with Crippen LogP contribution in [0.1, 0.15) is 52.0 Å². The van der Waals surface area contributed by atoms with E-state index < -0.39 is 34.9 Å². The molecule has 0 saturated carbocycles. The number of fused-ring (bicyclic) bond motifs is 1. The van der Waals surface area contributed by atoms with E-state index in [9.17, 15) is 19.5 Å². The molecule has 152 valence electrons. The second-order valence-corrected chi connectivity index (χ2v) is 8.72. The molecule has 0 spiro atoms. The van der Waals surface area contributed by atoms with Crippen LogP contribution in [0.5, 0.6) is 0 Å². The first-order valence-electron chi connectivity index (χ1n) is 9.00. The van der Waals surface area contributed by atoms with Gasteiger partial charge in [0.2, 0.25) is 0 Å². The maximum absolute atomic E-state index is 12.8. The largest absolute Gasteiger partial charge is 0.480 e. The van der Waals surface area contributed by atoms with Gasteiger partial charge in [0.05, 0.1) is 5.52 Å². The molecule has 8 nitrogen and oxygen atoms in total. The van der Waals surface area contributed by atoms with Crippen LogP contribution in [0.2, 0.25) is 0 Å². The number of hydrogen-bond donors (Lipinski definition) is 2. The first-order chi connectivity index (χ1) is 12.8. The smallest absolute Gasteiger partial charge is 0.328 e. The Labute approximate surface area is 163 Å². The first-order valence-corrected chi connectivity index (χ1v) is 9.00. The van der Waals surface area contributed by atoms with Gasteiger partial charge in [0.25, 0.3) is 5.91 Å². The van der Waals surface area contributed by atoms with Gasteiger partial charge in [-0.1, -0.05) is 39.0 Å². The van der Waals surface area contributed by atoms with Crippen molar-refractivity contribution < 1.29 is 24.2 Å². The predicted molar refractivity (Wildman–Crippen MR) is 104 cm³/mol. The van der Waals surface area contributed by atoms with Crippen LogP contribution < -0.4 is 5.32 Å². The number of carboxylic acid groups (broad SMARTS) is 1. The molecule has 0 radical (unpaired) electrons. The molecule has 28 heavy (non-hydrogen) atoms. The Bertz CT molecular complexity index is 903. The summed E-state index contributed by atoms with van der Waals surface area (Å²) in [4.78, 5) is 36.5. The van der Waals surface area contributed by atoms with Crippen molar-refractivity contribution in [3.8, 4) is 0 Å². The topological polar surface area (TPSA) is 111 Å². The second-order valence-electron chi connectivity index (χ2n) is 8.72. The average Bonchev–Trinajstić information content (AvgIpc) is 2.88. The minimum Gasteiger partial charge on any atom is -0.480 e. The van der Waals surface area contributed by atoms with E-state index in [0.29, 0.717) is 10.9 Å². The van der Waals surface area contributed by atoms with Gasteiger partial charge >= 0.3 is 11.9 Å². The molecule has 2 N–H and O–H groups in total. The highest BCUT2D eigenvalue weighted by Gasteiger charge is 2.34. The number of benzene rings is 1. The number of carboxylic acids is 1. The maximum atomic E-state index is 12.8. The van der Waals surface area contributed by atoms with Crippen molar-refractivity contribution in [2.75, 3.05) is 0 Å². The SMILES string of the molecule is CC(C)(C)OC(=O)Cn1nc(C(=O)NC(C(=O)O)C(C)(C)C)c2ccccc21. The zero-order chi connectivity index (χ0) is 21.3. The summed E-state index contributed by atoms with van der Waals surface area (Å²) in [5, 5.41) is 16.8. The number of nitrogens with zero attached hydrogens (tertiary/aromatic N) is 2. The predicted octanol–water partition coefficient (Wildman–Crippen LogP) is 2.61. The number of rotatable bonds is 5. The van der Waals surface area contributed by atoms with Crippen molar-refractivity contribution in [3.05, 3.63) is 30.0 Å². The van der Waals surface area contributed by atoms with E-state index in [0.717, 1.165) is 0 Å². The Hall–Kier alpha value is -2.90. The fourth-order valence-electron chi connectivity index (χ4n) is 2.76. The summed E-state index contributed by atoms with van der Waals surface area (Å²) in [6, 6.07) is 5.87. The number of nitrogens with one attached hydrogen (secondary N) is 1. The van der Waals surface area contributed by atoms with Crippen molar-refractivity contribution >= 4 is 28.7 Å². The highest BCUT2D eigenvalue weighted by Crippen LogP contribution is 2.22. The molecule has 1 heterocycles. The number of carbonyl (C=O) groups excluding carboxylic acids is 2. The molecule has 8 heteroatoms. The maximum Gasteiger partial charge on any atom is 0.328 e. The number of amides is 1. The fraction of sp³-hybridized carbons (Fsp3) is 0.500. The molecular formula is C20H27N3O5. The summed E-state index contributed by atoms with van der Waals surface area (Å²) in [6.45, 7) is 10.3. The molecule has 0 fully saturated rings. The van der Waals surface area contributed by atoms with E-state index in [1.54, 1.807) is 65.8 Å². The van der Waals surface area contributed by atoms with Crippen LogP contribution in [0.3, 0.4) is 0 Å². The van der Waals surface area contributed by atoms with Crippen LogP contribution in [0.25, 0.3) is 10.9 Å². The molecule has 1 aromatic heterocycles. The van der Waals surface area contributed by atoms with Crippen molar-refractivity contribution in [3.63, 3.8) is 0 Å². The minimum atomic E-state index is -1.13. The van der Waals surface area contributed by atoms with Crippen LogP contribution in [0.4, 0.5) is 0 Å². The third kappa shape index (κ3) is 5.09. The molecule has 2 rings (SSSR count). The van der Waals surface area contributed by atoms with Crippen LogP contribution >= 0.6 is 0 Å². The summed E-state index contributed by atoms with van der Waals surface area (Å²) in [5.41, 5.74) is -0.672.